The SMILES string of the molecule is CN(C)c1c(Cl)cc(C(O)C#Cc2cccc(O)c2)cc1C(C)(C)C. The van der Waals surface area contributed by atoms with Crippen molar-refractivity contribution in [3.63, 3.8) is 0 Å². The summed E-state index contributed by atoms with van der Waals surface area (Å²) >= 11 is 6.48. The normalized spacial score (nSPS) is 12.3. The molecular formula is C21H24ClNO2. The highest BCUT2D eigenvalue weighted by atomic mass is 35.5. The Kier molecular flexibility index (Phi) is 5.67. The topological polar surface area (TPSA) is 43.7 Å². The molecule has 0 saturated carbocycles. The molecule has 2 N–H and O–H groups in total. The van der Waals surface area contributed by atoms with E-state index in [0.717, 1.165) is 11.3 Å². The summed E-state index contributed by atoms with van der Waals surface area (Å²) in [5.41, 5.74) is 3.18. The lowest BCUT2D eigenvalue weighted by Crippen LogP contribution is -2.20. The third kappa shape index (κ3) is 4.69. The molecule has 0 radical (unpaired) electrons. The smallest absolute Gasteiger partial charge is 0.140 e. The van der Waals surface area contributed by atoms with Gasteiger partial charge >= 0.3 is 0 Å². The summed E-state index contributed by atoms with van der Waals surface area (Å²) in [4.78, 5) is 1.98. The van der Waals surface area contributed by atoms with Gasteiger partial charge in [-0.15, -0.1) is 0 Å². The molecule has 2 aromatic carbocycles. The fourth-order valence-electron chi connectivity index (χ4n) is 2.62. The summed E-state index contributed by atoms with van der Waals surface area (Å²) in [6.45, 7) is 6.33. The molecule has 0 fully saturated rings. The Morgan fingerprint density at radius 1 is 1.12 bits per heavy atom. The van der Waals surface area contributed by atoms with Gasteiger partial charge < -0.3 is 15.1 Å². The van der Waals surface area contributed by atoms with Crippen molar-refractivity contribution in [2.45, 2.75) is 32.3 Å². The van der Waals surface area contributed by atoms with Crippen molar-refractivity contribution in [1.82, 2.24) is 0 Å². The molecule has 0 saturated heterocycles. The molecular weight excluding hydrogens is 334 g/mol. The second-order valence-electron chi connectivity index (χ2n) is 7.27. The van der Waals surface area contributed by atoms with Crippen LogP contribution in [0.3, 0.4) is 0 Å². The first kappa shape index (κ1) is 19.2. The number of rotatable bonds is 2. The van der Waals surface area contributed by atoms with Crippen LogP contribution in [0.1, 0.15) is 43.6 Å². The molecule has 0 aliphatic rings. The number of halogens is 1. The van der Waals surface area contributed by atoms with Crippen molar-refractivity contribution >= 4 is 17.3 Å². The van der Waals surface area contributed by atoms with Gasteiger partial charge in [-0.05, 0) is 46.9 Å². The first-order valence-electron chi connectivity index (χ1n) is 8.09. The van der Waals surface area contributed by atoms with Crippen LogP contribution in [0.4, 0.5) is 5.69 Å². The number of hydrogen-bond acceptors (Lipinski definition) is 3. The highest BCUT2D eigenvalue weighted by Crippen LogP contribution is 2.38. The highest BCUT2D eigenvalue weighted by Gasteiger charge is 2.23. The summed E-state index contributed by atoms with van der Waals surface area (Å²) in [6.07, 6.45) is -0.961. The van der Waals surface area contributed by atoms with E-state index in [1.165, 1.54) is 0 Å². The standard InChI is InChI=1S/C21H24ClNO2/c1-21(2,3)17-12-15(13-18(22)20(17)23(4)5)19(25)10-9-14-7-6-8-16(24)11-14/h6-8,11-13,19,24-25H,1-5H3. The molecule has 0 aliphatic heterocycles. The van der Waals surface area contributed by atoms with Crippen molar-refractivity contribution in [3.05, 3.63) is 58.1 Å². The summed E-state index contributed by atoms with van der Waals surface area (Å²) in [5, 5.41) is 20.6. The monoisotopic (exact) mass is 357 g/mol. The minimum Gasteiger partial charge on any atom is -0.508 e. The molecule has 2 aromatic rings. The predicted octanol–water partition coefficient (Wildman–Crippen LogP) is 4.49. The van der Waals surface area contributed by atoms with E-state index in [9.17, 15) is 10.2 Å². The van der Waals surface area contributed by atoms with Gasteiger partial charge in [0.05, 0.1) is 10.7 Å². The van der Waals surface area contributed by atoms with Crippen LogP contribution in [0.15, 0.2) is 36.4 Å². The van der Waals surface area contributed by atoms with E-state index < -0.39 is 6.10 Å². The molecule has 0 aromatic heterocycles. The molecule has 2 rings (SSSR count). The molecule has 0 amide bonds. The maximum atomic E-state index is 10.5. The van der Waals surface area contributed by atoms with Crippen molar-refractivity contribution in [2.24, 2.45) is 0 Å². The molecule has 1 unspecified atom stereocenters. The third-order valence-electron chi connectivity index (χ3n) is 3.86. The average Bonchev–Trinajstić information content (AvgIpc) is 2.50. The Hall–Kier alpha value is -2.15. The third-order valence-corrected chi connectivity index (χ3v) is 4.14. The summed E-state index contributed by atoms with van der Waals surface area (Å²) in [6, 6.07) is 10.4. The fourth-order valence-corrected chi connectivity index (χ4v) is 3.02. The van der Waals surface area contributed by atoms with Gasteiger partial charge in [-0.3, -0.25) is 0 Å². The molecule has 4 heteroatoms. The van der Waals surface area contributed by atoms with Crippen LogP contribution in [-0.2, 0) is 5.41 Å². The summed E-state index contributed by atoms with van der Waals surface area (Å²) < 4.78 is 0. The Balaban J connectivity index is 2.45. The largest absolute Gasteiger partial charge is 0.508 e. The minimum atomic E-state index is -0.961. The molecule has 0 bridgehead atoms. The number of benzene rings is 2. The lowest BCUT2D eigenvalue weighted by Gasteiger charge is -2.28. The molecule has 25 heavy (non-hydrogen) atoms. The van der Waals surface area contributed by atoms with E-state index in [2.05, 4.69) is 32.6 Å². The predicted molar refractivity (Wildman–Crippen MR) is 104 cm³/mol. The van der Waals surface area contributed by atoms with Crippen LogP contribution < -0.4 is 4.90 Å². The van der Waals surface area contributed by atoms with Crippen LogP contribution in [-0.4, -0.2) is 24.3 Å². The first-order valence-corrected chi connectivity index (χ1v) is 8.47. The molecule has 0 heterocycles. The molecule has 1 atom stereocenters. The quantitative estimate of drug-likeness (QED) is 0.778. The van der Waals surface area contributed by atoms with Crippen LogP contribution >= 0.6 is 11.6 Å². The van der Waals surface area contributed by atoms with Gasteiger partial charge in [0.15, 0.2) is 0 Å². The average molecular weight is 358 g/mol. The van der Waals surface area contributed by atoms with Crippen molar-refractivity contribution in [3.8, 4) is 17.6 Å². The second-order valence-corrected chi connectivity index (χ2v) is 7.67. The van der Waals surface area contributed by atoms with Crippen molar-refractivity contribution in [2.75, 3.05) is 19.0 Å². The van der Waals surface area contributed by atoms with Crippen molar-refractivity contribution in [1.29, 1.82) is 0 Å². The maximum absolute atomic E-state index is 10.5. The second kappa shape index (κ2) is 7.39. The van der Waals surface area contributed by atoms with Crippen molar-refractivity contribution < 1.29 is 10.2 Å². The van der Waals surface area contributed by atoms with Crippen LogP contribution in [0.5, 0.6) is 5.75 Å². The Morgan fingerprint density at radius 3 is 2.36 bits per heavy atom. The fraction of sp³-hybridized carbons (Fsp3) is 0.333. The zero-order chi connectivity index (χ0) is 18.8. The lowest BCUT2D eigenvalue weighted by atomic mass is 9.84. The molecule has 3 nitrogen and oxygen atoms in total. The first-order chi connectivity index (χ1) is 11.6. The summed E-state index contributed by atoms with van der Waals surface area (Å²) in [7, 11) is 3.91. The summed E-state index contributed by atoms with van der Waals surface area (Å²) in [5.74, 6) is 5.85. The minimum absolute atomic E-state index is 0.127. The number of anilines is 1. The number of phenols is 1. The van der Waals surface area contributed by atoms with Crippen LogP contribution in [0.25, 0.3) is 0 Å². The lowest BCUT2D eigenvalue weighted by molar-refractivity contribution is 0.238. The number of aliphatic hydroxyl groups excluding tert-OH is 1. The maximum Gasteiger partial charge on any atom is 0.140 e. The highest BCUT2D eigenvalue weighted by molar-refractivity contribution is 6.33. The van der Waals surface area contributed by atoms with E-state index in [1.807, 2.05) is 25.1 Å². The van der Waals surface area contributed by atoms with Crippen LogP contribution in [0, 0.1) is 11.8 Å². The molecule has 0 spiro atoms. The van der Waals surface area contributed by atoms with Gasteiger partial charge in [0.1, 0.15) is 11.9 Å². The van der Waals surface area contributed by atoms with Gasteiger partial charge in [0, 0.05) is 19.7 Å². The van der Waals surface area contributed by atoms with E-state index in [4.69, 9.17) is 11.6 Å². The zero-order valence-corrected chi connectivity index (χ0v) is 16.0. The number of nitrogens with zero attached hydrogens (tertiary/aromatic N) is 1. The van der Waals surface area contributed by atoms with Gasteiger partial charge in [-0.25, -0.2) is 0 Å². The van der Waals surface area contributed by atoms with E-state index >= 15 is 0 Å². The van der Waals surface area contributed by atoms with Gasteiger partial charge in [-0.1, -0.05) is 50.3 Å². The van der Waals surface area contributed by atoms with E-state index in [-0.39, 0.29) is 11.2 Å². The number of hydrogen-bond donors (Lipinski definition) is 2. The number of aliphatic hydroxyl groups is 1. The van der Waals surface area contributed by atoms with Crippen LogP contribution in [0.2, 0.25) is 5.02 Å². The Bertz CT molecular complexity index is 826. The van der Waals surface area contributed by atoms with Gasteiger partial charge in [0.2, 0.25) is 0 Å². The van der Waals surface area contributed by atoms with E-state index in [0.29, 0.717) is 16.1 Å². The Labute approximate surface area is 154 Å². The Morgan fingerprint density at radius 2 is 1.80 bits per heavy atom. The number of aromatic hydroxyl groups is 1. The van der Waals surface area contributed by atoms with Gasteiger partial charge in [-0.2, -0.15) is 0 Å². The molecule has 0 aliphatic carbocycles. The zero-order valence-electron chi connectivity index (χ0n) is 15.3. The van der Waals surface area contributed by atoms with E-state index in [1.54, 1.807) is 30.3 Å². The number of phenolic OH excluding ortho intramolecular Hbond substituents is 1. The van der Waals surface area contributed by atoms with Gasteiger partial charge in [0.25, 0.3) is 0 Å². The molecule has 132 valence electrons.